The van der Waals surface area contributed by atoms with E-state index in [4.69, 9.17) is 4.74 Å². The van der Waals surface area contributed by atoms with Gasteiger partial charge in [-0.1, -0.05) is 80.5 Å². The van der Waals surface area contributed by atoms with E-state index in [1.807, 2.05) is 0 Å². The molecule has 1 nitrogen and oxygen atoms in total. The Morgan fingerprint density at radius 2 is 1.90 bits per heavy atom. The van der Waals surface area contributed by atoms with E-state index < -0.39 is 0 Å². The average Bonchev–Trinajstić information content (AvgIpc) is 2.47. The second-order valence-corrected chi connectivity index (χ2v) is 7.92. The summed E-state index contributed by atoms with van der Waals surface area (Å²) in [5.41, 5.74) is 2.57. The van der Waals surface area contributed by atoms with E-state index in [1.165, 1.54) is 36.8 Å². The number of hydrogen-bond donors (Lipinski definition) is 0. The van der Waals surface area contributed by atoms with Crippen molar-refractivity contribution >= 4 is 22.6 Å². The molecule has 0 saturated heterocycles. The van der Waals surface area contributed by atoms with Crippen molar-refractivity contribution in [3.05, 3.63) is 35.4 Å². The molecule has 0 N–H and O–H groups in total. The van der Waals surface area contributed by atoms with Crippen molar-refractivity contribution in [2.45, 2.75) is 71.0 Å². The third-order valence-electron chi connectivity index (χ3n) is 4.76. The van der Waals surface area contributed by atoms with E-state index in [1.54, 1.807) is 0 Å². The molecule has 1 saturated carbocycles. The molecule has 0 aromatic heterocycles. The highest BCUT2D eigenvalue weighted by atomic mass is 127. The molecule has 118 valence electrons. The largest absolute Gasteiger partial charge is 0.367 e. The maximum absolute atomic E-state index is 6.58. The molecule has 1 aromatic carbocycles. The SMILES string of the molecule is CC1CCCC(OC(C)(CI)c2ccc(C(C)C)cc2)C1. The maximum atomic E-state index is 6.58. The molecule has 1 aliphatic carbocycles. The summed E-state index contributed by atoms with van der Waals surface area (Å²) in [5, 5.41) is 0. The zero-order chi connectivity index (χ0) is 15.5. The molecule has 0 spiro atoms. The van der Waals surface area contributed by atoms with Gasteiger partial charge in [-0.25, -0.2) is 0 Å². The molecular formula is C19H29IO. The summed E-state index contributed by atoms with van der Waals surface area (Å²) in [6, 6.07) is 9.05. The molecule has 2 heteroatoms. The van der Waals surface area contributed by atoms with Crippen molar-refractivity contribution in [3.8, 4) is 0 Å². The zero-order valence-electron chi connectivity index (χ0n) is 13.9. The molecule has 1 aliphatic rings. The van der Waals surface area contributed by atoms with Gasteiger partial charge in [-0.3, -0.25) is 0 Å². The summed E-state index contributed by atoms with van der Waals surface area (Å²) >= 11 is 2.47. The second kappa shape index (κ2) is 7.45. The lowest BCUT2D eigenvalue weighted by Crippen LogP contribution is -2.35. The molecule has 0 heterocycles. The van der Waals surface area contributed by atoms with Gasteiger partial charge in [0, 0.05) is 4.43 Å². The first-order chi connectivity index (χ1) is 9.94. The van der Waals surface area contributed by atoms with Gasteiger partial charge < -0.3 is 4.74 Å². The van der Waals surface area contributed by atoms with Crippen molar-refractivity contribution in [3.63, 3.8) is 0 Å². The Morgan fingerprint density at radius 3 is 2.43 bits per heavy atom. The van der Waals surface area contributed by atoms with Gasteiger partial charge in [0.05, 0.1) is 11.7 Å². The predicted molar refractivity (Wildman–Crippen MR) is 99.3 cm³/mol. The van der Waals surface area contributed by atoms with Gasteiger partial charge in [0.15, 0.2) is 0 Å². The minimum absolute atomic E-state index is 0.155. The molecule has 3 unspecified atom stereocenters. The summed E-state index contributed by atoms with van der Waals surface area (Å²) < 4.78 is 7.57. The van der Waals surface area contributed by atoms with Crippen LogP contribution in [0.1, 0.15) is 70.4 Å². The Hall–Kier alpha value is -0.0900. The van der Waals surface area contributed by atoms with Crippen LogP contribution in [0.5, 0.6) is 0 Å². The molecule has 0 aliphatic heterocycles. The number of hydrogen-bond acceptors (Lipinski definition) is 1. The Kier molecular flexibility index (Phi) is 6.13. The van der Waals surface area contributed by atoms with Crippen molar-refractivity contribution in [1.29, 1.82) is 0 Å². The lowest BCUT2D eigenvalue weighted by molar-refractivity contribution is -0.0906. The van der Waals surface area contributed by atoms with E-state index in [0.717, 1.165) is 10.3 Å². The quantitative estimate of drug-likeness (QED) is 0.432. The molecule has 21 heavy (non-hydrogen) atoms. The summed E-state index contributed by atoms with van der Waals surface area (Å²) in [5.74, 6) is 1.40. The third-order valence-corrected chi connectivity index (χ3v) is 6.21. The van der Waals surface area contributed by atoms with Crippen LogP contribution < -0.4 is 0 Å². The Balaban J connectivity index is 2.12. The Bertz CT molecular complexity index is 439. The normalized spacial score (nSPS) is 25.8. The minimum Gasteiger partial charge on any atom is -0.367 e. The van der Waals surface area contributed by atoms with Crippen LogP contribution in [-0.2, 0) is 10.3 Å². The molecular weight excluding hydrogens is 371 g/mol. The van der Waals surface area contributed by atoms with Gasteiger partial charge in [-0.2, -0.15) is 0 Å². The van der Waals surface area contributed by atoms with E-state index in [-0.39, 0.29) is 5.60 Å². The van der Waals surface area contributed by atoms with Gasteiger partial charge >= 0.3 is 0 Å². The van der Waals surface area contributed by atoms with Crippen molar-refractivity contribution in [1.82, 2.24) is 0 Å². The van der Waals surface area contributed by atoms with Gasteiger partial charge in [-0.05, 0) is 42.7 Å². The van der Waals surface area contributed by atoms with E-state index in [2.05, 4.69) is 74.6 Å². The van der Waals surface area contributed by atoms with Gasteiger partial charge in [0.25, 0.3) is 0 Å². The molecule has 3 atom stereocenters. The number of rotatable bonds is 5. The van der Waals surface area contributed by atoms with E-state index in [9.17, 15) is 0 Å². The van der Waals surface area contributed by atoms with Crippen LogP contribution in [-0.4, -0.2) is 10.5 Å². The monoisotopic (exact) mass is 400 g/mol. The van der Waals surface area contributed by atoms with Crippen LogP contribution in [0.4, 0.5) is 0 Å². The topological polar surface area (TPSA) is 9.23 Å². The number of ether oxygens (including phenoxy) is 1. The highest BCUT2D eigenvalue weighted by molar-refractivity contribution is 14.1. The molecule has 0 radical (unpaired) electrons. The lowest BCUT2D eigenvalue weighted by atomic mass is 9.87. The van der Waals surface area contributed by atoms with Crippen molar-refractivity contribution in [2.24, 2.45) is 5.92 Å². The summed E-state index contributed by atoms with van der Waals surface area (Å²) in [6.07, 6.45) is 5.55. The number of halogens is 1. The van der Waals surface area contributed by atoms with Crippen molar-refractivity contribution in [2.75, 3.05) is 4.43 Å². The molecule has 1 fully saturated rings. The average molecular weight is 400 g/mol. The second-order valence-electron chi connectivity index (χ2n) is 7.15. The van der Waals surface area contributed by atoms with Crippen LogP contribution in [0.15, 0.2) is 24.3 Å². The van der Waals surface area contributed by atoms with Crippen LogP contribution in [0.2, 0.25) is 0 Å². The fourth-order valence-corrected chi connectivity index (χ4v) is 3.87. The zero-order valence-corrected chi connectivity index (χ0v) is 16.0. The predicted octanol–water partition coefficient (Wildman–Crippen LogP) is 6.06. The molecule has 0 bridgehead atoms. The summed E-state index contributed by atoms with van der Waals surface area (Å²) in [7, 11) is 0. The van der Waals surface area contributed by atoms with Gasteiger partial charge in [0.1, 0.15) is 0 Å². The van der Waals surface area contributed by atoms with Crippen LogP contribution >= 0.6 is 22.6 Å². The first kappa shape index (κ1) is 17.3. The van der Waals surface area contributed by atoms with Gasteiger partial charge in [-0.15, -0.1) is 0 Å². The number of benzene rings is 1. The lowest BCUT2D eigenvalue weighted by Gasteiger charge is -2.36. The van der Waals surface area contributed by atoms with Crippen molar-refractivity contribution < 1.29 is 4.74 Å². The third kappa shape index (κ3) is 4.44. The number of alkyl halides is 1. The maximum Gasteiger partial charge on any atom is 0.0996 e. The first-order valence-corrected chi connectivity index (χ1v) is 9.81. The van der Waals surface area contributed by atoms with Crippen LogP contribution in [0.3, 0.4) is 0 Å². The molecule has 1 aromatic rings. The highest BCUT2D eigenvalue weighted by Gasteiger charge is 2.31. The van der Waals surface area contributed by atoms with E-state index >= 15 is 0 Å². The first-order valence-electron chi connectivity index (χ1n) is 8.29. The Morgan fingerprint density at radius 1 is 1.24 bits per heavy atom. The molecule has 0 amide bonds. The summed E-state index contributed by atoms with van der Waals surface area (Å²) in [4.78, 5) is 0. The minimum atomic E-state index is -0.155. The van der Waals surface area contributed by atoms with E-state index in [0.29, 0.717) is 12.0 Å². The highest BCUT2D eigenvalue weighted by Crippen LogP contribution is 2.35. The van der Waals surface area contributed by atoms with Crippen LogP contribution in [0.25, 0.3) is 0 Å². The standard InChI is InChI=1S/C19H29IO/c1-14(2)16-8-10-17(11-9-16)19(4,13-20)21-18-7-5-6-15(3)12-18/h8-11,14-15,18H,5-7,12-13H2,1-4H3. The fraction of sp³-hybridized carbons (Fsp3) is 0.684. The Labute approximate surface area is 144 Å². The summed E-state index contributed by atoms with van der Waals surface area (Å²) in [6.45, 7) is 9.09. The smallest absolute Gasteiger partial charge is 0.0996 e. The fourth-order valence-electron chi connectivity index (χ4n) is 3.25. The van der Waals surface area contributed by atoms with Crippen LogP contribution in [0, 0.1) is 5.92 Å². The molecule has 2 rings (SSSR count). The van der Waals surface area contributed by atoms with Gasteiger partial charge in [0.2, 0.25) is 0 Å².